The summed E-state index contributed by atoms with van der Waals surface area (Å²) in [6.45, 7) is 3.50. The second-order valence-electron chi connectivity index (χ2n) is 6.62. The van der Waals surface area contributed by atoms with Crippen molar-refractivity contribution in [1.82, 2.24) is 9.55 Å². The molecule has 4 rings (SSSR count). The number of imidazole rings is 1. The minimum atomic E-state index is -0.865. The van der Waals surface area contributed by atoms with Gasteiger partial charge in [0.05, 0.1) is 19.5 Å². The molecular formula is C21H21BrN2O3. The van der Waals surface area contributed by atoms with Crippen molar-refractivity contribution in [2.75, 3.05) is 13.2 Å². The summed E-state index contributed by atoms with van der Waals surface area (Å²) in [6, 6.07) is 15.9. The van der Waals surface area contributed by atoms with E-state index in [1.807, 2.05) is 47.2 Å². The highest BCUT2D eigenvalue weighted by atomic mass is 79.9. The van der Waals surface area contributed by atoms with Gasteiger partial charge in [0.1, 0.15) is 18.5 Å². The fourth-order valence-electron chi connectivity index (χ4n) is 3.34. The van der Waals surface area contributed by atoms with E-state index in [-0.39, 0.29) is 6.10 Å². The van der Waals surface area contributed by atoms with Crippen LogP contribution in [0, 0.1) is 6.92 Å². The highest BCUT2D eigenvalue weighted by molar-refractivity contribution is 9.10. The van der Waals surface area contributed by atoms with Crippen LogP contribution in [0.2, 0.25) is 0 Å². The van der Waals surface area contributed by atoms with Crippen molar-refractivity contribution < 1.29 is 14.2 Å². The SMILES string of the molecule is Cc1cc(Br)ccc1C1(Cn2ccnc2)OCC(COc2ccccc2)O1. The normalized spacial score (nSPS) is 22.1. The summed E-state index contributed by atoms with van der Waals surface area (Å²) in [5.41, 5.74) is 2.12. The van der Waals surface area contributed by atoms with Crippen LogP contribution in [0.25, 0.3) is 0 Å². The Morgan fingerprint density at radius 1 is 1.26 bits per heavy atom. The van der Waals surface area contributed by atoms with Crippen LogP contribution in [-0.2, 0) is 21.8 Å². The van der Waals surface area contributed by atoms with Crippen molar-refractivity contribution in [2.24, 2.45) is 0 Å². The number of para-hydroxylation sites is 1. The maximum Gasteiger partial charge on any atom is 0.214 e. The van der Waals surface area contributed by atoms with Gasteiger partial charge in [-0.1, -0.05) is 40.2 Å². The molecule has 5 nitrogen and oxygen atoms in total. The number of benzene rings is 2. The topological polar surface area (TPSA) is 45.5 Å². The van der Waals surface area contributed by atoms with E-state index in [0.717, 1.165) is 21.3 Å². The Morgan fingerprint density at radius 2 is 2.11 bits per heavy atom. The predicted octanol–water partition coefficient (Wildman–Crippen LogP) is 4.30. The zero-order valence-corrected chi connectivity index (χ0v) is 16.6. The first-order chi connectivity index (χ1) is 13.1. The lowest BCUT2D eigenvalue weighted by Crippen LogP contribution is -2.35. The van der Waals surface area contributed by atoms with Crippen molar-refractivity contribution in [3.63, 3.8) is 0 Å². The third-order valence-electron chi connectivity index (χ3n) is 4.59. The summed E-state index contributed by atoms with van der Waals surface area (Å²) >= 11 is 3.53. The van der Waals surface area contributed by atoms with Crippen molar-refractivity contribution in [3.05, 3.63) is 82.9 Å². The second kappa shape index (κ2) is 7.84. The van der Waals surface area contributed by atoms with E-state index in [1.54, 1.807) is 12.5 Å². The molecule has 2 heterocycles. The number of aromatic nitrogens is 2. The van der Waals surface area contributed by atoms with E-state index in [2.05, 4.69) is 40.0 Å². The van der Waals surface area contributed by atoms with Gasteiger partial charge in [0, 0.05) is 22.4 Å². The van der Waals surface area contributed by atoms with Crippen molar-refractivity contribution in [2.45, 2.75) is 25.4 Å². The number of rotatable bonds is 6. The Bertz CT molecular complexity index is 886. The van der Waals surface area contributed by atoms with Crippen LogP contribution >= 0.6 is 15.9 Å². The Kier molecular flexibility index (Phi) is 5.29. The van der Waals surface area contributed by atoms with E-state index in [4.69, 9.17) is 14.2 Å². The molecule has 1 saturated heterocycles. The van der Waals surface area contributed by atoms with Crippen LogP contribution in [0.15, 0.2) is 71.7 Å². The first-order valence-electron chi connectivity index (χ1n) is 8.87. The molecule has 1 aliphatic heterocycles. The van der Waals surface area contributed by atoms with Crippen LogP contribution in [0.5, 0.6) is 5.75 Å². The molecule has 27 heavy (non-hydrogen) atoms. The molecule has 1 fully saturated rings. The van der Waals surface area contributed by atoms with E-state index >= 15 is 0 Å². The molecule has 2 aromatic carbocycles. The molecule has 0 saturated carbocycles. The Morgan fingerprint density at radius 3 is 2.85 bits per heavy atom. The monoisotopic (exact) mass is 428 g/mol. The minimum Gasteiger partial charge on any atom is -0.491 e. The summed E-state index contributed by atoms with van der Waals surface area (Å²) in [7, 11) is 0. The van der Waals surface area contributed by atoms with E-state index in [0.29, 0.717) is 19.8 Å². The van der Waals surface area contributed by atoms with Gasteiger partial charge in [-0.25, -0.2) is 4.98 Å². The highest BCUT2D eigenvalue weighted by Crippen LogP contribution is 2.38. The highest BCUT2D eigenvalue weighted by Gasteiger charge is 2.44. The van der Waals surface area contributed by atoms with Crippen LogP contribution in [0.3, 0.4) is 0 Å². The molecule has 0 N–H and O–H groups in total. The van der Waals surface area contributed by atoms with Crippen molar-refractivity contribution in [3.8, 4) is 5.75 Å². The predicted molar refractivity (Wildman–Crippen MR) is 106 cm³/mol. The van der Waals surface area contributed by atoms with Crippen LogP contribution < -0.4 is 4.74 Å². The number of halogens is 1. The Hall–Kier alpha value is -2.15. The molecule has 6 heteroatoms. The lowest BCUT2D eigenvalue weighted by Gasteiger charge is -2.30. The quantitative estimate of drug-likeness (QED) is 0.586. The smallest absolute Gasteiger partial charge is 0.214 e. The molecule has 2 unspecified atom stereocenters. The van der Waals surface area contributed by atoms with Gasteiger partial charge >= 0.3 is 0 Å². The zero-order valence-electron chi connectivity index (χ0n) is 15.0. The van der Waals surface area contributed by atoms with E-state index in [1.165, 1.54) is 0 Å². The molecule has 1 aromatic heterocycles. The summed E-state index contributed by atoms with van der Waals surface area (Å²) in [6.07, 6.45) is 5.29. The summed E-state index contributed by atoms with van der Waals surface area (Å²) in [4.78, 5) is 4.14. The maximum absolute atomic E-state index is 6.44. The van der Waals surface area contributed by atoms with E-state index < -0.39 is 5.79 Å². The van der Waals surface area contributed by atoms with E-state index in [9.17, 15) is 0 Å². The zero-order chi connectivity index (χ0) is 18.7. The first-order valence-corrected chi connectivity index (χ1v) is 9.66. The lowest BCUT2D eigenvalue weighted by atomic mass is 10.00. The molecule has 3 aromatic rings. The van der Waals surface area contributed by atoms with Crippen molar-refractivity contribution >= 4 is 15.9 Å². The number of hydrogen-bond donors (Lipinski definition) is 0. The van der Waals surface area contributed by atoms with Gasteiger partial charge < -0.3 is 18.8 Å². The molecule has 0 radical (unpaired) electrons. The summed E-state index contributed by atoms with van der Waals surface area (Å²) in [5.74, 6) is -0.0380. The fraction of sp³-hybridized carbons (Fsp3) is 0.286. The molecule has 2 atom stereocenters. The number of hydrogen-bond acceptors (Lipinski definition) is 4. The maximum atomic E-state index is 6.44. The van der Waals surface area contributed by atoms with Gasteiger partial charge in [0.25, 0.3) is 0 Å². The molecule has 0 amide bonds. The fourth-order valence-corrected chi connectivity index (χ4v) is 3.81. The van der Waals surface area contributed by atoms with Gasteiger partial charge in [0.2, 0.25) is 5.79 Å². The summed E-state index contributed by atoms with van der Waals surface area (Å²) < 4.78 is 21.6. The molecule has 1 aliphatic rings. The number of ether oxygens (including phenoxy) is 3. The van der Waals surface area contributed by atoms with Gasteiger partial charge in [-0.2, -0.15) is 0 Å². The van der Waals surface area contributed by atoms with Crippen molar-refractivity contribution in [1.29, 1.82) is 0 Å². The van der Waals surface area contributed by atoms with Gasteiger partial charge in [-0.15, -0.1) is 0 Å². The van der Waals surface area contributed by atoms with Gasteiger partial charge in [-0.05, 0) is 36.8 Å². The third kappa shape index (κ3) is 4.08. The second-order valence-corrected chi connectivity index (χ2v) is 7.54. The third-order valence-corrected chi connectivity index (χ3v) is 5.08. The molecule has 0 bridgehead atoms. The average Bonchev–Trinajstić information content (AvgIpc) is 3.32. The molecule has 140 valence electrons. The molecule has 0 spiro atoms. The molecular weight excluding hydrogens is 408 g/mol. The Labute approximate surface area is 167 Å². The lowest BCUT2D eigenvalue weighted by molar-refractivity contribution is -0.189. The average molecular weight is 429 g/mol. The summed E-state index contributed by atoms with van der Waals surface area (Å²) in [5, 5.41) is 0. The van der Waals surface area contributed by atoms with Crippen LogP contribution in [0.1, 0.15) is 11.1 Å². The number of aryl methyl sites for hydroxylation is 1. The molecule has 0 aliphatic carbocycles. The standard InChI is InChI=1S/C21H21BrN2O3/c1-16-11-17(22)7-8-20(16)21(14-24-10-9-23-15-24)26-13-19(27-21)12-25-18-5-3-2-4-6-18/h2-11,15,19H,12-14H2,1H3. The van der Waals surface area contributed by atoms with Gasteiger partial charge in [-0.3, -0.25) is 0 Å². The van der Waals surface area contributed by atoms with Crippen LogP contribution in [-0.4, -0.2) is 28.9 Å². The Balaban J connectivity index is 1.56. The van der Waals surface area contributed by atoms with Gasteiger partial charge in [0.15, 0.2) is 0 Å². The minimum absolute atomic E-state index is 0.156. The largest absolute Gasteiger partial charge is 0.491 e. The number of nitrogens with zero attached hydrogens (tertiary/aromatic N) is 2. The first kappa shape index (κ1) is 18.2. The van der Waals surface area contributed by atoms with Crippen LogP contribution in [0.4, 0.5) is 0 Å².